The van der Waals surface area contributed by atoms with Crippen LogP contribution in [0.1, 0.15) is 34.1 Å². The number of halogens is 1. The molecule has 0 spiro atoms. The second-order valence-electron chi connectivity index (χ2n) is 6.48. The number of nitrogens with zero attached hydrogens (tertiary/aromatic N) is 2. The summed E-state index contributed by atoms with van der Waals surface area (Å²) < 4.78 is 13.4. The van der Waals surface area contributed by atoms with Gasteiger partial charge in [0.1, 0.15) is 11.6 Å². The number of carbonyl (C=O) groups excluding carboxylic acids is 1. The maximum absolute atomic E-state index is 13.4. The summed E-state index contributed by atoms with van der Waals surface area (Å²) in [5, 5.41) is 6.11. The molecule has 2 aromatic heterocycles. The summed E-state index contributed by atoms with van der Waals surface area (Å²) in [4.78, 5) is 21.3. The fourth-order valence-corrected chi connectivity index (χ4v) is 2.85. The molecule has 0 bridgehead atoms. The van der Waals surface area contributed by atoms with Crippen LogP contribution in [-0.2, 0) is 13.0 Å². The fourth-order valence-electron chi connectivity index (χ4n) is 2.85. The maximum Gasteiger partial charge on any atom is 0.255 e. The van der Waals surface area contributed by atoms with E-state index in [1.54, 1.807) is 30.6 Å². The van der Waals surface area contributed by atoms with Gasteiger partial charge in [-0.2, -0.15) is 0 Å². The molecule has 29 heavy (non-hydrogen) atoms. The van der Waals surface area contributed by atoms with Crippen LogP contribution in [0.25, 0.3) is 6.08 Å². The Bertz CT molecular complexity index is 989. The summed E-state index contributed by atoms with van der Waals surface area (Å²) in [5.41, 5.74) is 3.01. The Morgan fingerprint density at radius 2 is 2.00 bits per heavy atom. The third-order valence-electron chi connectivity index (χ3n) is 4.27. The minimum atomic E-state index is -0.258. The zero-order valence-corrected chi connectivity index (χ0v) is 16.2. The van der Waals surface area contributed by atoms with Crippen molar-refractivity contribution in [2.75, 3.05) is 11.9 Å². The number of carbonyl (C=O) groups is 1. The van der Waals surface area contributed by atoms with Crippen molar-refractivity contribution in [3.8, 4) is 0 Å². The lowest BCUT2D eigenvalue weighted by Gasteiger charge is -2.12. The van der Waals surface area contributed by atoms with Gasteiger partial charge in [0.2, 0.25) is 0 Å². The number of nitrogens with one attached hydrogen (secondary N) is 2. The van der Waals surface area contributed by atoms with E-state index in [9.17, 15) is 9.18 Å². The molecule has 148 valence electrons. The molecule has 0 fully saturated rings. The molecule has 0 aliphatic carbocycles. The van der Waals surface area contributed by atoms with Crippen LogP contribution in [0.4, 0.5) is 10.2 Å². The topological polar surface area (TPSA) is 66.9 Å². The number of hydrogen-bond donors (Lipinski definition) is 2. The fraction of sp³-hybridized carbons (Fsp3) is 0.174. The van der Waals surface area contributed by atoms with E-state index < -0.39 is 0 Å². The normalized spacial score (nSPS) is 10.8. The molecule has 2 heterocycles. The average Bonchev–Trinajstić information content (AvgIpc) is 2.73. The molecule has 1 aromatic carbocycles. The molecule has 5 nitrogen and oxygen atoms in total. The molecule has 0 radical (unpaired) electrons. The lowest BCUT2D eigenvalue weighted by atomic mass is 10.1. The lowest BCUT2D eigenvalue weighted by molar-refractivity contribution is 0.0951. The van der Waals surface area contributed by atoms with Gasteiger partial charge < -0.3 is 10.6 Å². The standard InChI is InChI=1S/C23H23FN4O/c1-2-5-20-9-10-21(23(29)27-16-18-7-4-12-25-15-18)22(28-20)26-13-11-17-6-3-8-19(24)14-17/h2-10,12,14-15H,11,13,16H2,1H3,(H,26,28)(H,27,29). The molecular weight excluding hydrogens is 367 g/mol. The monoisotopic (exact) mass is 390 g/mol. The van der Waals surface area contributed by atoms with Crippen LogP contribution in [0.2, 0.25) is 0 Å². The highest BCUT2D eigenvalue weighted by Crippen LogP contribution is 2.16. The number of pyridine rings is 2. The summed E-state index contributed by atoms with van der Waals surface area (Å²) in [6, 6.07) is 13.8. The van der Waals surface area contributed by atoms with E-state index in [1.165, 1.54) is 12.1 Å². The van der Waals surface area contributed by atoms with Gasteiger partial charge in [-0.3, -0.25) is 9.78 Å². The first-order chi connectivity index (χ1) is 14.2. The quantitative estimate of drug-likeness (QED) is 0.604. The van der Waals surface area contributed by atoms with Crippen LogP contribution >= 0.6 is 0 Å². The molecule has 6 heteroatoms. The van der Waals surface area contributed by atoms with Gasteiger partial charge in [-0.15, -0.1) is 0 Å². The van der Waals surface area contributed by atoms with Gasteiger partial charge in [-0.25, -0.2) is 9.37 Å². The Hall–Kier alpha value is -3.54. The molecule has 0 saturated carbocycles. The van der Waals surface area contributed by atoms with Gasteiger partial charge in [0, 0.05) is 25.5 Å². The smallest absolute Gasteiger partial charge is 0.255 e. The molecule has 0 aliphatic heterocycles. The van der Waals surface area contributed by atoms with Crippen LogP contribution in [0.15, 0.2) is 67.0 Å². The average molecular weight is 390 g/mol. The van der Waals surface area contributed by atoms with E-state index in [1.807, 2.05) is 37.3 Å². The van der Waals surface area contributed by atoms with Gasteiger partial charge in [-0.1, -0.05) is 24.3 Å². The van der Waals surface area contributed by atoms with E-state index in [2.05, 4.69) is 20.6 Å². The Labute approximate surface area is 169 Å². The van der Waals surface area contributed by atoms with Crippen molar-refractivity contribution >= 4 is 17.8 Å². The molecular formula is C23H23FN4O. The zero-order valence-electron chi connectivity index (χ0n) is 16.2. The van der Waals surface area contributed by atoms with Crippen molar-refractivity contribution in [3.05, 3.63) is 95.2 Å². The molecule has 2 N–H and O–H groups in total. The molecule has 3 rings (SSSR count). The van der Waals surface area contributed by atoms with Gasteiger partial charge in [0.15, 0.2) is 0 Å². The first-order valence-electron chi connectivity index (χ1n) is 9.45. The number of anilines is 1. The maximum atomic E-state index is 13.4. The van der Waals surface area contributed by atoms with Gasteiger partial charge in [-0.05, 0) is 60.9 Å². The Balaban J connectivity index is 1.70. The summed E-state index contributed by atoms with van der Waals surface area (Å²) in [5.74, 6) is 0.0218. The van der Waals surface area contributed by atoms with Crippen molar-refractivity contribution in [1.82, 2.24) is 15.3 Å². The predicted octanol–water partition coefficient (Wildman–Crippen LogP) is 4.23. The highest BCUT2D eigenvalue weighted by Gasteiger charge is 2.13. The van der Waals surface area contributed by atoms with E-state index in [0.29, 0.717) is 30.9 Å². The van der Waals surface area contributed by atoms with Crippen molar-refractivity contribution in [1.29, 1.82) is 0 Å². The van der Waals surface area contributed by atoms with Crippen molar-refractivity contribution in [2.45, 2.75) is 19.9 Å². The lowest BCUT2D eigenvalue weighted by Crippen LogP contribution is -2.25. The number of amides is 1. The highest BCUT2D eigenvalue weighted by molar-refractivity contribution is 5.98. The Morgan fingerprint density at radius 1 is 1.14 bits per heavy atom. The Morgan fingerprint density at radius 3 is 2.76 bits per heavy atom. The van der Waals surface area contributed by atoms with Crippen LogP contribution in [0.5, 0.6) is 0 Å². The first kappa shape index (κ1) is 20.2. The van der Waals surface area contributed by atoms with Crippen LogP contribution in [-0.4, -0.2) is 22.4 Å². The molecule has 0 aliphatic rings. The third kappa shape index (κ3) is 5.97. The largest absolute Gasteiger partial charge is 0.369 e. The van der Waals surface area contributed by atoms with E-state index in [4.69, 9.17) is 0 Å². The van der Waals surface area contributed by atoms with Gasteiger partial charge >= 0.3 is 0 Å². The van der Waals surface area contributed by atoms with Gasteiger partial charge in [0.25, 0.3) is 5.91 Å². The second-order valence-corrected chi connectivity index (χ2v) is 6.48. The number of allylic oxidation sites excluding steroid dienone is 1. The summed E-state index contributed by atoms with van der Waals surface area (Å²) in [6.07, 6.45) is 7.78. The van der Waals surface area contributed by atoms with Crippen molar-refractivity contribution in [3.63, 3.8) is 0 Å². The molecule has 0 saturated heterocycles. The second kappa shape index (κ2) is 10.1. The summed E-state index contributed by atoms with van der Waals surface area (Å²) in [6.45, 7) is 2.82. The van der Waals surface area contributed by atoms with Crippen molar-refractivity contribution in [2.24, 2.45) is 0 Å². The van der Waals surface area contributed by atoms with E-state index in [-0.39, 0.29) is 11.7 Å². The molecule has 3 aromatic rings. The number of aromatic nitrogens is 2. The molecule has 1 amide bonds. The number of hydrogen-bond acceptors (Lipinski definition) is 4. The number of benzene rings is 1. The molecule has 0 atom stereocenters. The summed E-state index contributed by atoms with van der Waals surface area (Å²) in [7, 11) is 0. The first-order valence-corrected chi connectivity index (χ1v) is 9.45. The summed E-state index contributed by atoms with van der Waals surface area (Å²) >= 11 is 0. The zero-order chi connectivity index (χ0) is 20.5. The minimum absolute atomic E-state index is 0.221. The Kier molecular flexibility index (Phi) is 7.05. The minimum Gasteiger partial charge on any atom is -0.369 e. The van der Waals surface area contributed by atoms with E-state index in [0.717, 1.165) is 16.8 Å². The SMILES string of the molecule is CC=Cc1ccc(C(=O)NCc2cccnc2)c(NCCc2cccc(F)c2)n1. The molecule has 0 unspecified atom stereocenters. The van der Waals surface area contributed by atoms with Gasteiger partial charge in [0.05, 0.1) is 11.3 Å². The van der Waals surface area contributed by atoms with Crippen LogP contribution < -0.4 is 10.6 Å². The highest BCUT2D eigenvalue weighted by atomic mass is 19.1. The third-order valence-corrected chi connectivity index (χ3v) is 4.27. The van der Waals surface area contributed by atoms with E-state index >= 15 is 0 Å². The van der Waals surface area contributed by atoms with Crippen LogP contribution in [0.3, 0.4) is 0 Å². The number of rotatable bonds is 8. The van der Waals surface area contributed by atoms with Crippen LogP contribution in [0, 0.1) is 5.82 Å². The predicted molar refractivity (Wildman–Crippen MR) is 113 cm³/mol. The van der Waals surface area contributed by atoms with Crippen molar-refractivity contribution < 1.29 is 9.18 Å².